The molecule has 0 aliphatic heterocycles. The van der Waals surface area contributed by atoms with Crippen LogP contribution in [-0.4, -0.2) is 15.9 Å². The van der Waals surface area contributed by atoms with Crippen LogP contribution in [0.3, 0.4) is 0 Å². The lowest BCUT2D eigenvalue weighted by molar-refractivity contribution is 0.318. The van der Waals surface area contributed by atoms with Crippen molar-refractivity contribution < 1.29 is 5.21 Å². The quantitative estimate of drug-likeness (QED) is 0.482. The van der Waals surface area contributed by atoms with Gasteiger partial charge in [0.2, 0.25) is 0 Å². The molecule has 0 saturated carbocycles. The van der Waals surface area contributed by atoms with Crippen LogP contribution in [0.1, 0.15) is 11.1 Å². The maximum atomic E-state index is 9.01. The lowest BCUT2D eigenvalue weighted by atomic mass is 10.0. The highest BCUT2D eigenvalue weighted by molar-refractivity contribution is 6.01. The van der Waals surface area contributed by atoms with E-state index in [9.17, 15) is 0 Å². The van der Waals surface area contributed by atoms with Gasteiger partial charge in [0.15, 0.2) is 0 Å². The number of hydrogen-bond donors (Lipinski definition) is 1. The molecule has 0 bridgehead atoms. The summed E-state index contributed by atoms with van der Waals surface area (Å²) in [6, 6.07) is 13.5. The molecule has 0 fully saturated rings. The standard InChI is InChI=1S/C13H12N2O/c16-15-13(12-4-2-1-3-5-12)10-11-6-8-14-9-7-11/h1-9,16H,10H2. The van der Waals surface area contributed by atoms with Crippen molar-refractivity contribution in [1.29, 1.82) is 0 Å². The van der Waals surface area contributed by atoms with Gasteiger partial charge in [0, 0.05) is 18.8 Å². The van der Waals surface area contributed by atoms with Gasteiger partial charge in [0.25, 0.3) is 0 Å². The summed E-state index contributed by atoms with van der Waals surface area (Å²) in [5.74, 6) is 0. The fourth-order valence-electron chi connectivity index (χ4n) is 1.52. The summed E-state index contributed by atoms with van der Waals surface area (Å²) in [4.78, 5) is 3.95. The van der Waals surface area contributed by atoms with Crippen molar-refractivity contribution in [1.82, 2.24) is 4.98 Å². The second-order valence-electron chi connectivity index (χ2n) is 3.44. The van der Waals surface area contributed by atoms with Crippen molar-refractivity contribution in [2.75, 3.05) is 0 Å². The van der Waals surface area contributed by atoms with Gasteiger partial charge in [-0.1, -0.05) is 35.5 Å². The van der Waals surface area contributed by atoms with Crippen LogP contribution in [0.2, 0.25) is 0 Å². The van der Waals surface area contributed by atoms with Gasteiger partial charge >= 0.3 is 0 Å². The molecule has 1 aromatic carbocycles. The van der Waals surface area contributed by atoms with E-state index in [0.717, 1.165) is 11.1 Å². The molecule has 0 atom stereocenters. The van der Waals surface area contributed by atoms with Gasteiger partial charge in [-0.2, -0.15) is 0 Å². The Morgan fingerprint density at radius 2 is 1.75 bits per heavy atom. The normalized spacial score (nSPS) is 11.4. The first-order valence-electron chi connectivity index (χ1n) is 5.05. The number of pyridine rings is 1. The molecule has 0 spiro atoms. The van der Waals surface area contributed by atoms with Crippen LogP contribution in [0.15, 0.2) is 60.0 Å². The van der Waals surface area contributed by atoms with Gasteiger partial charge in [-0.25, -0.2) is 0 Å². The molecule has 0 saturated heterocycles. The summed E-state index contributed by atoms with van der Waals surface area (Å²) < 4.78 is 0. The van der Waals surface area contributed by atoms with E-state index in [1.54, 1.807) is 12.4 Å². The third-order valence-electron chi connectivity index (χ3n) is 2.35. The van der Waals surface area contributed by atoms with Crippen LogP contribution in [0.5, 0.6) is 0 Å². The molecular weight excluding hydrogens is 200 g/mol. The minimum atomic E-state index is 0.600. The average Bonchev–Trinajstić information content (AvgIpc) is 2.38. The predicted molar refractivity (Wildman–Crippen MR) is 62.7 cm³/mol. The molecule has 0 unspecified atom stereocenters. The van der Waals surface area contributed by atoms with Crippen molar-refractivity contribution in [3.8, 4) is 0 Å². The molecule has 2 aromatic rings. The van der Waals surface area contributed by atoms with E-state index in [1.165, 1.54) is 0 Å². The topological polar surface area (TPSA) is 45.5 Å². The van der Waals surface area contributed by atoms with E-state index < -0.39 is 0 Å². The fraction of sp³-hybridized carbons (Fsp3) is 0.0769. The lowest BCUT2D eigenvalue weighted by Crippen LogP contribution is -2.05. The first-order chi connectivity index (χ1) is 7.90. The van der Waals surface area contributed by atoms with Gasteiger partial charge in [-0.15, -0.1) is 0 Å². The largest absolute Gasteiger partial charge is 0.411 e. The Kier molecular flexibility index (Phi) is 3.28. The monoisotopic (exact) mass is 212 g/mol. The summed E-state index contributed by atoms with van der Waals surface area (Å²) in [6.07, 6.45) is 4.06. The molecule has 0 amide bonds. The van der Waals surface area contributed by atoms with Crippen LogP contribution in [0.25, 0.3) is 0 Å². The molecule has 1 heterocycles. The Bertz CT molecular complexity index is 466. The third-order valence-corrected chi connectivity index (χ3v) is 2.35. The Labute approximate surface area is 94.1 Å². The van der Waals surface area contributed by atoms with E-state index in [2.05, 4.69) is 10.1 Å². The summed E-state index contributed by atoms with van der Waals surface area (Å²) in [5.41, 5.74) is 2.67. The lowest BCUT2D eigenvalue weighted by Gasteiger charge is -2.04. The highest BCUT2D eigenvalue weighted by atomic mass is 16.4. The third kappa shape index (κ3) is 2.45. The van der Waals surface area contributed by atoms with Gasteiger partial charge in [0.1, 0.15) is 0 Å². The fourth-order valence-corrected chi connectivity index (χ4v) is 1.52. The second kappa shape index (κ2) is 5.07. The van der Waals surface area contributed by atoms with Gasteiger partial charge in [0.05, 0.1) is 5.71 Å². The van der Waals surface area contributed by atoms with Gasteiger partial charge < -0.3 is 5.21 Å². The van der Waals surface area contributed by atoms with Crippen molar-refractivity contribution >= 4 is 5.71 Å². The number of aromatic nitrogens is 1. The SMILES string of the molecule is ON=C(Cc1ccncc1)c1ccccc1. The zero-order chi connectivity index (χ0) is 11.2. The number of oxime groups is 1. The zero-order valence-corrected chi connectivity index (χ0v) is 8.74. The molecule has 0 radical (unpaired) electrons. The minimum absolute atomic E-state index is 0.600. The van der Waals surface area contributed by atoms with Crippen molar-refractivity contribution in [3.05, 3.63) is 66.0 Å². The summed E-state index contributed by atoms with van der Waals surface area (Å²) in [6.45, 7) is 0. The van der Waals surface area contributed by atoms with Crippen molar-refractivity contribution in [3.63, 3.8) is 0 Å². The van der Waals surface area contributed by atoms with Crippen molar-refractivity contribution in [2.45, 2.75) is 6.42 Å². The summed E-state index contributed by atoms with van der Waals surface area (Å²) in [7, 11) is 0. The predicted octanol–water partition coefficient (Wildman–Crippen LogP) is 2.50. The van der Waals surface area contributed by atoms with E-state index in [-0.39, 0.29) is 0 Å². The van der Waals surface area contributed by atoms with Gasteiger partial charge in [-0.3, -0.25) is 4.98 Å². The minimum Gasteiger partial charge on any atom is -0.411 e. The first-order valence-corrected chi connectivity index (χ1v) is 5.05. The van der Waals surface area contributed by atoms with E-state index in [0.29, 0.717) is 12.1 Å². The molecule has 0 aliphatic carbocycles. The molecule has 3 nitrogen and oxygen atoms in total. The van der Waals surface area contributed by atoms with Crippen LogP contribution in [0.4, 0.5) is 0 Å². The highest BCUT2D eigenvalue weighted by Gasteiger charge is 2.04. The molecule has 1 aromatic heterocycles. The van der Waals surface area contributed by atoms with Crippen molar-refractivity contribution in [2.24, 2.45) is 5.16 Å². The molecular formula is C13H12N2O. The molecule has 2 rings (SSSR count). The summed E-state index contributed by atoms with van der Waals surface area (Å²) >= 11 is 0. The maximum Gasteiger partial charge on any atom is 0.0911 e. The number of rotatable bonds is 3. The Balaban J connectivity index is 2.20. The molecule has 0 aliphatic rings. The zero-order valence-electron chi connectivity index (χ0n) is 8.74. The highest BCUT2D eigenvalue weighted by Crippen LogP contribution is 2.07. The smallest absolute Gasteiger partial charge is 0.0911 e. The first kappa shape index (κ1) is 10.4. The Morgan fingerprint density at radius 1 is 1.06 bits per heavy atom. The van der Waals surface area contributed by atoms with Crippen LogP contribution in [0, 0.1) is 0 Å². The molecule has 3 heteroatoms. The van der Waals surface area contributed by atoms with Gasteiger partial charge in [-0.05, 0) is 23.3 Å². The number of hydrogen-bond acceptors (Lipinski definition) is 3. The van der Waals surface area contributed by atoms with E-state index in [4.69, 9.17) is 5.21 Å². The second-order valence-corrected chi connectivity index (χ2v) is 3.44. The Hall–Kier alpha value is -2.16. The van der Waals surface area contributed by atoms with Crippen LogP contribution in [-0.2, 0) is 6.42 Å². The number of benzene rings is 1. The Morgan fingerprint density at radius 3 is 2.38 bits per heavy atom. The molecule has 16 heavy (non-hydrogen) atoms. The number of nitrogens with zero attached hydrogens (tertiary/aromatic N) is 2. The van der Waals surface area contributed by atoms with E-state index in [1.807, 2.05) is 42.5 Å². The maximum absolute atomic E-state index is 9.01. The molecule has 80 valence electrons. The summed E-state index contributed by atoms with van der Waals surface area (Å²) in [5, 5.41) is 12.4. The molecule has 1 N–H and O–H groups in total. The average molecular weight is 212 g/mol. The van der Waals surface area contributed by atoms with E-state index >= 15 is 0 Å². The van der Waals surface area contributed by atoms with Crippen LogP contribution >= 0.6 is 0 Å². The van der Waals surface area contributed by atoms with Crippen LogP contribution < -0.4 is 0 Å².